The second-order valence-corrected chi connectivity index (χ2v) is 46.1. The Morgan fingerprint density at radius 1 is 0.281 bits per heavy atom. The Balaban J connectivity index is 0.000000120. The van der Waals surface area contributed by atoms with Crippen LogP contribution in [0.2, 0.25) is 0 Å². The third-order valence-electron chi connectivity index (χ3n) is 29.0. The highest BCUT2D eigenvalue weighted by Crippen LogP contribution is 2.56. The zero-order valence-electron chi connectivity index (χ0n) is 83.5. The van der Waals surface area contributed by atoms with E-state index in [1.165, 1.54) is 136 Å². The minimum atomic E-state index is 0.210. The number of Topliss-reactive ketones (excluding diaryl/α,β-unsaturated/α-hetero) is 1. The molecule has 5 fully saturated rings. The molecule has 0 atom stereocenters. The molecule has 146 heavy (non-hydrogen) atoms. The van der Waals surface area contributed by atoms with Crippen LogP contribution in [0.4, 0.5) is 0 Å². The molecule has 17 aromatic rings. The van der Waals surface area contributed by atoms with Crippen LogP contribution in [0.1, 0.15) is 184 Å². The first-order valence-corrected chi connectivity index (χ1v) is 56.3. The molecule has 0 saturated heterocycles. The Morgan fingerprint density at radius 2 is 0.548 bits per heavy atom. The van der Waals surface area contributed by atoms with E-state index in [2.05, 4.69) is 186 Å². The van der Waals surface area contributed by atoms with Gasteiger partial charge in [0.25, 0.3) is 0 Å². The largest absolute Gasteiger partial charge is 0.300 e. The van der Waals surface area contributed by atoms with Gasteiger partial charge in [-0.05, 0) is 256 Å². The van der Waals surface area contributed by atoms with Crippen LogP contribution in [0.5, 0.6) is 0 Å². The lowest BCUT2D eigenvalue weighted by Gasteiger charge is -2.38. The SMILES string of the molecule is CC(=O)CC1(CSc2ccncc2-c2ccc(C#N)cc2)CC1.CC1(CSc2ccncc2-c2ccc(C#N)c3ccccc23)CC1.CC1(CSc2ccncc2-c2ccc(C#N)c3ccccc23)CCC1.CC1(CSc2ccncc2-c2ccc(C#N)c3ccccc23)CCCC1.CCC1(CSc2ccncc2-c2ccc(C#N)c3ccccc23)CC1.CCCCSc1ccncc1-c1ccc(C#N)c2ccccc12. The molecule has 0 unspecified atom stereocenters. The van der Waals surface area contributed by atoms with Crippen molar-refractivity contribution in [1.82, 2.24) is 29.9 Å². The highest BCUT2D eigenvalue weighted by molar-refractivity contribution is 8.00. The van der Waals surface area contributed by atoms with E-state index < -0.39 is 0 Å². The van der Waals surface area contributed by atoms with Crippen LogP contribution in [-0.2, 0) is 4.79 Å². The van der Waals surface area contributed by atoms with E-state index in [1.54, 1.807) is 24.9 Å². The van der Waals surface area contributed by atoms with Gasteiger partial charge in [-0.15, -0.1) is 70.6 Å². The van der Waals surface area contributed by atoms with Crippen molar-refractivity contribution in [2.75, 3.05) is 34.5 Å². The molecular formula is C127H116N12OS6. The Morgan fingerprint density at radius 3 is 0.808 bits per heavy atom. The predicted octanol–water partition coefficient (Wildman–Crippen LogP) is 34.4. The second-order valence-electron chi connectivity index (χ2n) is 39.9. The lowest BCUT2D eigenvalue weighted by molar-refractivity contribution is -0.118. The highest BCUT2D eigenvalue weighted by atomic mass is 32.2. The third kappa shape index (κ3) is 25.3. The Labute approximate surface area is 884 Å². The zero-order chi connectivity index (χ0) is 101. The molecule has 726 valence electrons. The van der Waals surface area contributed by atoms with Crippen molar-refractivity contribution in [3.05, 3.63) is 350 Å². The molecule has 0 radical (unpaired) electrons. The van der Waals surface area contributed by atoms with Crippen LogP contribution in [0, 0.1) is 95.1 Å². The average Bonchev–Trinajstić information content (AvgIpc) is 1.41. The summed E-state index contributed by atoms with van der Waals surface area (Å²) in [5.41, 5.74) is 20.2. The van der Waals surface area contributed by atoms with Crippen LogP contribution in [0.3, 0.4) is 0 Å². The third-order valence-corrected chi connectivity index (χ3v) is 37.5. The standard InChI is InChI=1S/C23H22N2S.2C22H20N2S.C21H18N2S.C20H18N2S.C19H18N2OS/c1-23(11-4-5-12-23)16-26-22-10-13-25-15-21(22)20-9-8-17(14-24)18-6-2-3-7-19(18)20;1-22(10-4-11-22)15-25-21-9-12-24-14-20(21)19-8-7-16(13-23)17-5-2-3-6-18(17)19;1-2-22(10-11-22)15-25-21-9-12-24-14-20(21)19-8-7-16(13-23)17-5-3-4-6-18(17)19;1-21(9-10-21)14-24-20-8-11-23-13-19(20)18-7-6-15(12-22)16-4-2-3-5-17(16)18;1-2-3-12-23-20-10-11-22-14-19(20)18-9-8-15(13-21)16-6-4-5-7-17(16)18;1-14(22)10-19(7-8-19)13-23-18-6-9-21-12-17(18)16-4-2-15(11-20)3-5-16/h2-3,6-10,13,15H,4-5,11-12,16H2,1H3;2-3,5-9,12,14H,4,10-11,15H2,1H3;3-9,12,14H,2,10-11,15H2,1H3;2-8,11,13H,9-10,14H2,1H3;4-11,14H,2-3,12H2,1H3;2-6,9,12H,7-8,10,13H2,1H3. The van der Waals surface area contributed by atoms with Gasteiger partial charge in [-0.2, -0.15) is 31.6 Å². The van der Waals surface area contributed by atoms with Crippen molar-refractivity contribution in [2.45, 2.75) is 180 Å². The van der Waals surface area contributed by atoms with E-state index in [0.717, 1.165) is 173 Å². The number of ketones is 1. The quantitative estimate of drug-likeness (QED) is 0.0327. The van der Waals surface area contributed by atoms with Crippen LogP contribution in [0.15, 0.2) is 346 Å². The fourth-order valence-corrected chi connectivity index (χ4v) is 26.9. The number of fused-ring (bicyclic) bond motifs is 5. The van der Waals surface area contributed by atoms with Crippen molar-refractivity contribution < 1.29 is 4.79 Å². The summed E-state index contributed by atoms with van der Waals surface area (Å²) in [6.45, 7) is 13.4. The number of aromatic nitrogens is 6. The van der Waals surface area contributed by atoms with Crippen molar-refractivity contribution in [3.63, 3.8) is 0 Å². The molecule has 6 heterocycles. The van der Waals surface area contributed by atoms with E-state index in [1.807, 2.05) is 285 Å². The highest BCUT2D eigenvalue weighted by Gasteiger charge is 2.44. The first-order chi connectivity index (χ1) is 71.3. The molecule has 0 spiro atoms. The van der Waals surface area contributed by atoms with E-state index in [0.29, 0.717) is 39.2 Å². The van der Waals surface area contributed by atoms with E-state index in [4.69, 9.17) is 5.26 Å². The Kier molecular flexibility index (Phi) is 34.5. The monoisotopic (exact) mass is 2020 g/mol. The molecule has 0 amide bonds. The number of unbranched alkanes of at least 4 members (excludes halogenated alkanes) is 1. The van der Waals surface area contributed by atoms with Gasteiger partial charge in [-0.25, -0.2) is 0 Å². The first-order valence-electron chi connectivity index (χ1n) is 50.4. The van der Waals surface area contributed by atoms with Crippen LogP contribution in [-0.4, -0.2) is 70.2 Å². The number of carbonyl (C=O) groups excluding carboxylic acids is 1. The van der Waals surface area contributed by atoms with Crippen LogP contribution < -0.4 is 0 Å². The summed E-state index contributed by atoms with van der Waals surface area (Å²) < 4.78 is 0. The molecule has 5 aliphatic rings. The van der Waals surface area contributed by atoms with Gasteiger partial charge in [-0.3, -0.25) is 29.9 Å². The maximum Gasteiger partial charge on any atom is 0.130 e. The summed E-state index contributed by atoms with van der Waals surface area (Å²) in [5.74, 6) is 7.00. The van der Waals surface area contributed by atoms with E-state index in [9.17, 15) is 31.1 Å². The molecule has 5 aliphatic carbocycles. The number of benzene rings is 11. The number of carbonyl (C=O) groups is 1. The number of pyridine rings is 6. The van der Waals surface area contributed by atoms with Crippen molar-refractivity contribution >= 4 is 130 Å². The average molecular weight is 2020 g/mol. The fourth-order valence-electron chi connectivity index (χ4n) is 19.2. The molecule has 6 aromatic heterocycles. The van der Waals surface area contributed by atoms with Gasteiger partial charge in [0, 0.05) is 199 Å². The van der Waals surface area contributed by atoms with Gasteiger partial charge in [-0.1, -0.05) is 224 Å². The van der Waals surface area contributed by atoms with Crippen LogP contribution in [0.25, 0.3) is 121 Å². The Hall–Kier alpha value is -13.7. The Bertz CT molecular complexity index is 7730. The molecule has 13 nitrogen and oxygen atoms in total. The van der Waals surface area contributed by atoms with Crippen molar-refractivity contribution in [3.8, 4) is 103 Å². The van der Waals surface area contributed by atoms with Gasteiger partial charge in [0.1, 0.15) is 5.78 Å². The number of hydrogen-bond acceptors (Lipinski definition) is 19. The van der Waals surface area contributed by atoms with Crippen molar-refractivity contribution in [2.24, 2.45) is 27.1 Å². The smallest absolute Gasteiger partial charge is 0.130 e. The number of nitriles is 6. The molecular weight excluding hydrogens is 1900 g/mol. The lowest BCUT2D eigenvalue weighted by atomic mass is 9.72. The molecule has 5 saturated carbocycles. The summed E-state index contributed by atoms with van der Waals surface area (Å²) >= 11 is 11.4. The minimum absolute atomic E-state index is 0.210. The molecule has 0 N–H and O–H groups in total. The number of rotatable bonds is 28. The molecule has 19 heteroatoms. The number of thioether (sulfide) groups is 6. The summed E-state index contributed by atoms with van der Waals surface area (Å²) in [5, 5.41) is 66.4. The maximum absolute atomic E-state index is 11.4. The normalized spacial score (nSPS) is 14.6. The molecule has 0 aliphatic heterocycles. The minimum Gasteiger partial charge on any atom is -0.300 e. The molecule has 11 aromatic carbocycles. The van der Waals surface area contributed by atoms with Gasteiger partial charge in [0.2, 0.25) is 0 Å². The summed E-state index contributed by atoms with van der Waals surface area (Å²) in [6.07, 6.45) is 44.3. The molecule has 22 rings (SSSR count). The molecule has 0 bridgehead atoms. The maximum atomic E-state index is 11.4. The second kappa shape index (κ2) is 48.6. The number of nitrogens with zero attached hydrogens (tertiary/aromatic N) is 12. The predicted molar refractivity (Wildman–Crippen MR) is 608 cm³/mol. The topological polar surface area (TPSA) is 237 Å². The first kappa shape index (κ1) is 104. The van der Waals surface area contributed by atoms with E-state index in [-0.39, 0.29) is 11.2 Å². The summed E-state index contributed by atoms with van der Waals surface area (Å²) in [6, 6.07) is 94.4. The van der Waals surface area contributed by atoms with Crippen LogP contribution >= 0.6 is 70.6 Å². The van der Waals surface area contributed by atoms with Gasteiger partial charge >= 0.3 is 0 Å². The fraction of sp³-hybridized carbons (Fsp3) is 0.268. The number of hydrogen-bond donors (Lipinski definition) is 0. The van der Waals surface area contributed by atoms with Gasteiger partial charge in [0.05, 0.1) is 69.8 Å². The summed E-state index contributed by atoms with van der Waals surface area (Å²) in [7, 11) is 0. The van der Waals surface area contributed by atoms with Gasteiger partial charge in [0.15, 0.2) is 0 Å². The lowest BCUT2D eigenvalue weighted by Crippen LogP contribution is -2.27. The van der Waals surface area contributed by atoms with E-state index >= 15 is 0 Å². The van der Waals surface area contributed by atoms with Crippen molar-refractivity contribution in [1.29, 1.82) is 31.6 Å². The summed E-state index contributed by atoms with van der Waals surface area (Å²) in [4.78, 5) is 45.0. The van der Waals surface area contributed by atoms with Gasteiger partial charge < -0.3 is 4.79 Å². The zero-order valence-corrected chi connectivity index (χ0v) is 88.4.